The van der Waals surface area contributed by atoms with E-state index in [-0.39, 0.29) is 0 Å². The zero-order valence-electron chi connectivity index (χ0n) is 10.7. The summed E-state index contributed by atoms with van der Waals surface area (Å²) in [5, 5.41) is 9.25. The molecule has 2 rings (SSSR count). The van der Waals surface area contributed by atoms with E-state index in [1.54, 1.807) is 0 Å². The first-order valence-electron chi connectivity index (χ1n) is 6.68. The Hall–Kier alpha value is -0.860. The number of likely N-dealkylation sites (tertiary alicyclic amines) is 1. The first kappa shape index (κ1) is 12.6. The minimum atomic E-state index is 0.342. The van der Waals surface area contributed by atoms with Crippen molar-refractivity contribution >= 4 is 0 Å². The largest absolute Gasteiger partial charge is 0.396 e. The second-order valence-corrected chi connectivity index (χ2v) is 5.22. The Kier molecular flexibility index (Phi) is 4.57. The summed E-state index contributed by atoms with van der Waals surface area (Å²) in [5.74, 6) is 0.488. The Morgan fingerprint density at radius 2 is 2.12 bits per heavy atom. The average Bonchev–Trinajstić information content (AvgIpc) is 2.40. The van der Waals surface area contributed by atoms with Crippen molar-refractivity contribution in [2.24, 2.45) is 5.92 Å². The molecule has 1 N–H and O–H groups in total. The molecular formula is C15H23NO. The molecule has 1 fully saturated rings. The summed E-state index contributed by atoms with van der Waals surface area (Å²) in [7, 11) is 0. The van der Waals surface area contributed by atoms with Crippen LogP contribution in [0.15, 0.2) is 30.3 Å². The monoisotopic (exact) mass is 233 g/mol. The van der Waals surface area contributed by atoms with Gasteiger partial charge in [-0.1, -0.05) is 30.3 Å². The third-order valence-corrected chi connectivity index (χ3v) is 3.81. The van der Waals surface area contributed by atoms with Gasteiger partial charge in [0.05, 0.1) is 0 Å². The summed E-state index contributed by atoms with van der Waals surface area (Å²) in [6.07, 6.45) is 3.52. The lowest BCUT2D eigenvalue weighted by molar-refractivity contribution is 0.0936. The van der Waals surface area contributed by atoms with Crippen LogP contribution >= 0.6 is 0 Å². The van der Waals surface area contributed by atoms with Gasteiger partial charge in [0.25, 0.3) is 0 Å². The summed E-state index contributed by atoms with van der Waals surface area (Å²) < 4.78 is 0. The molecule has 1 aromatic rings. The molecule has 17 heavy (non-hydrogen) atoms. The van der Waals surface area contributed by atoms with Gasteiger partial charge in [-0.05, 0) is 44.2 Å². The average molecular weight is 233 g/mol. The van der Waals surface area contributed by atoms with Crippen molar-refractivity contribution in [1.82, 2.24) is 4.90 Å². The standard InChI is InChI=1S/C15H23NO/c1-13(10-14-6-3-2-4-7-14)16-9-5-8-15(11-16)12-17/h2-4,6-7,13,15,17H,5,8-12H2,1H3/t13-,15-/m0/s1. The maximum Gasteiger partial charge on any atom is 0.0471 e. The molecule has 1 saturated heterocycles. The fraction of sp³-hybridized carbons (Fsp3) is 0.600. The number of nitrogens with zero attached hydrogens (tertiary/aromatic N) is 1. The van der Waals surface area contributed by atoms with Gasteiger partial charge in [-0.15, -0.1) is 0 Å². The van der Waals surface area contributed by atoms with Gasteiger partial charge in [0.2, 0.25) is 0 Å². The van der Waals surface area contributed by atoms with Crippen LogP contribution in [-0.2, 0) is 6.42 Å². The molecule has 2 heteroatoms. The Balaban J connectivity index is 1.89. The summed E-state index contributed by atoms with van der Waals surface area (Å²) in [4.78, 5) is 2.53. The van der Waals surface area contributed by atoms with Gasteiger partial charge >= 0.3 is 0 Å². The predicted molar refractivity (Wildman–Crippen MR) is 71.0 cm³/mol. The van der Waals surface area contributed by atoms with Crippen molar-refractivity contribution in [2.45, 2.75) is 32.2 Å². The van der Waals surface area contributed by atoms with E-state index in [9.17, 15) is 5.11 Å². The van der Waals surface area contributed by atoms with Gasteiger partial charge in [-0.2, -0.15) is 0 Å². The summed E-state index contributed by atoms with van der Waals surface area (Å²) in [6, 6.07) is 11.3. The number of rotatable bonds is 4. The fourth-order valence-electron chi connectivity index (χ4n) is 2.73. The van der Waals surface area contributed by atoms with Crippen LogP contribution in [0.4, 0.5) is 0 Å². The molecule has 1 heterocycles. The Labute approximate surface area is 104 Å². The molecule has 0 bridgehead atoms. The molecule has 1 aromatic carbocycles. The highest BCUT2D eigenvalue weighted by Gasteiger charge is 2.22. The number of piperidine rings is 1. The van der Waals surface area contributed by atoms with Crippen LogP contribution < -0.4 is 0 Å². The molecule has 0 unspecified atom stereocenters. The quantitative estimate of drug-likeness (QED) is 0.862. The minimum Gasteiger partial charge on any atom is -0.396 e. The van der Waals surface area contributed by atoms with Crippen LogP contribution in [0.3, 0.4) is 0 Å². The van der Waals surface area contributed by atoms with Crippen LogP contribution in [0.25, 0.3) is 0 Å². The van der Waals surface area contributed by atoms with Crippen LogP contribution in [0.2, 0.25) is 0 Å². The summed E-state index contributed by atoms with van der Waals surface area (Å²) >= 11 is 0. The van der Waals surface area contributed by atoms with Crippen molar-refractivity contribution in [2.75, 3.05) is 19.7 Å². The van der Waals surface area contributed by atoms with Crippen LogP contribution in [0.5, 0.6) is 0 Å². The van der Waals surface area contributed by atoms with E-state index < -0.39 is 0 Å². The number of aliphatic hydroxyl groups excluding tert-OH is 1. The van der Waals surface area contributed by atoms with E-state index in [0.717, 1.165) is 13.0 Å². The highest BCUT2D eigenvalue weighted by molar-refractivity contribution is 5.15. The number of hydrogen-bond acceptors (Lipinski definition) is 2. The third-order valence-electron chi connectivity index (χ3n) is 3.81. The predicted octanol–water partition coefficient (Wildman–Crippen LogP) is 2.32. The molecule has 94 valence electrons. The molecule has 0 aliphatic carbocycles. The molecular weight excluding hydrogens is 210 g/mol. The van der Waals surface area contributed by atoms with Gasteiger partial charge in [0, 0.05) is 19.2 Å². The van der Waals surface area contributed by atoms with Crippen molar-refractivity contribution in [3.63, 3.8) is 0 Å². The summed E-state index contributed by atoms with van der Waals surface area (Å²) in [6.45, 7) is 4.89. The van der Waals surface area contributed by atoms with Crippen molar-refractivity contribution < 1.29 is 5.11 Å². The van der Waals surface area contributed by atoms with E-state index in [0.29, 0.717) is 18.6 Å². The van der Waals surface area contributed by atoms with Gasteiger partial charge in [-0.25, -0.2) is 0 Å². The molecule has 0 radical (unpaired) electrons. The van der Waals surface area contributed by atoms with E-state index >= 15 is 0 Å². The van der Waals surface area contributed by atoms with E-state index in [2.05, 4.69) is 42.2 Å². The number of benzene rings is 1. The Morgan fingerprint density at radius 3 is 2.82 bits per heavy atom. The molecule has 0 amide bonds. The van der Waals surface area contributed by atoms with Crippen molar-refractivity contribution in [1.29, 1.82) is 0 Å². The highest BCUT2D eigenvalue weighted by Crippen LogP contribution is 2.19. The fourth-order valence-corrected chi connectivity index (χ4v) is 2.73. The second kappa shape index (κ2) is 6.18. The maximum atomic E-state index is 9.25. The molecule has 2 nitrogen and oxygen atoms in total. The molecule has 1 aliphatic rings. The third kappa shape index (κ3) is 3.55. The smallest absolute Gasteiger partial charge is 0.0471 e. The van der Waals surface area contributed by atoms with Crippen molar-refractivity contribution in [3.05, 3.63) is 35.9 Å². The molecule has 2 atom stereocenters. The van der Waals surface area contributed by atoms with Crippen molar-refractivity contribution in [3.8, 4) is 0 Å². The lowest BCUT2D eigenvalue weighted by Crippen LogP contribution is -2.43. The zero-order valence-corrected chi connectivity index (χ0v) is 10.7. The Morgan fingerprint density at radius 1 is 1.35 bits per heavy atom. The first-order valence-corrected chi connectivity index (χ1v) is 6.68. The van der Waals surface area contributed by atoms with Gasteiger partial charge in [0.15, 0.2) is 0 Å². The van der Waals surface area contributed by atoms with Crippen LogP contribution in [-0.4, -0.2) is 35.7 Å². The highest BCUT2D eigenvalue weighted by atomic mass is 16.3. The van der Waals surface area contributed by atoms with E-state index in [1.165, 1.54) is 24.9 Å². The second-order valence-electron chi connectivity index (χ2n) is 5.22. The molecule has 1 aliphatic heterocycles. The Bertz CT molecular complexity index is 325. The summed E-state index contributed by atoms with van der Waals surface area (Å²) in [5.41, 5.74) is 1.41. The topological polar surface area (TPSA) is 23.5 Å². The SMILES string of the molecule is C[C@@H](Cc1ccccc1)N1CCC[C@H](CO)C1. The maximum absolute atomic E-state index is 9.25. The first-order chi connectivity index (χ1) is 8.29. The van der Waals surface area contributed by atoms with Crippen LogP contribution in [0.1, 0.15) is 25.3 Å². The number of hydrogen-bond donors (Lipinski definition) is 1. The lowest BCUT2D eigenvalue weighted by Gasteiger charge is -2.36. The van der Waals surface area contributed by atoms with Gasteiger partial charge in [-0.3, -0.25) is 4.90 Å². The molecule has 0 saturated carbocycles. The molecule has 0 aromatic heterocycles. The lowest BCUT2D eigenvalue weighted by atomic mass is 9.96. The van der Waals surface area contributed by atoms with Gasteiger partial charge < -0.3 is 5.11 Å². The van der Waals surface area contributed by atoms with Gasteiger partial charge in [0.1, 0.15) is 0 Å². The van der Waals surface area contributed by atoms with Crippen LogP contribution in [0, 0.1) is 5.92 Å². The molecule has 0 spiro atoms. The number of aliphatic hydroxyl groups is 1. The van der Waals surface area contributed by atoms with E-state index in [1.807, 2.05) is 0 Å². The minimum absolute atomic E-state index is 0.342. The normalized spacial score (nSPS) is 23.5. The van der Waals surface area contributed by atoms with E-state index in [4.69, 9.17) is 0 Å². The zero-order chi connectivity index (χ0) is 12.1.